The molecule has 0 aliphatic heterocycles. The van der Waals surface area contributed by atoms with Crippen molar-refractivity contribution in [2.24, 2.45) is 0 Å². The number of benzene rings is 1. The van der Waals surface area contributed by atoms with Gasteiger partial charge in [0.15, 0.2) is 0 Å². The van der Waals surface area contributed by atoms with Crippen LogP contribution >= 0.6 is 11.3 Å². The third-order valence-corrected chi connectivity index (χ3v) is 3.40. The maximum absolute atomic E-state index is 3.16. The van der Waals surface area contributed by atoms with Crippen molar-refractivity contribution in [3.63, 3.8) is 0 Å². The summed E-state index contributed by atoms with van der Waals surface area (Å²) in [4.78, 5) is 1.35. The lowest BCUT2D eigenvalue weighted by Gasteiger charge is -1.97. The lowest BCUT2D eigenvalue weighted by Crippen LogP contribution is -2.03. The van der Waals surface area contributed by atoms with E-state index in [1.54, 1.807) is 0 Å². The molecule has 2 aromatic rings. The van der Waals surface area contributed by atoms with Crippen molar-refractivity contribution < 1.29 is 0 Å². The van der Waals surface area contributed by atoms with Gasteiger partial charge in [0.25, 0.3) is 0 Å². The summed E-state index contributed by atoms with van der Waals surface area (Å²) in [5.41, 5.74) is 3.98. The van der Waals surface area contributed by atoms with E-state index in [0.29, 0.717) is 0 Å². The molecule has 0 amide bonds. The average Bonchev–Trinajstić information content (AvgIpc) is 2.68. The lowest BCUT2D eigenvalue weighted by molar-refractivity contribution is 0.821. The van der Waals surface area contributed by atoms with E-state index in [2.05, 4.69) is 48.0 Å². The molecule has 0 radical (unpaired) electrons. The molecule has 0 unspecified atom stereocenters. The third-order valence-electron chi connectivity index (χ3n) is 2.37. The third kappa shape index (κ3) is 2.46. The van der Waals surface area contributed by atoms with Crippen molar-refractivity contribution in [3.05, 3.63) is 46.8 Å². The summed E-state index contributed by atoms with van der Waals surface area (Å²) in [6.07, 6.45) is 0. The zero-order valence-electron chi connectivity index (χ0n) is 9.08. The zero-order chi connectivity index (χ0) is 10.7. The molecule has 1 aromatic heterocycles. The number of rotatable bonds is 3. The standard InChI is InChI=1S/C13H15NS/c1-10-3-5-12(6-4-10)13-7-11(8-14-2)9-15-13/h3-7,9,14H,8H2,1-2H3. The molecule has 1 N–H and O–H groups in total. The van der Waals surface area contributed by atoms with Gasteiger partial charge in [-0.2, -0.15) is 0 Å². The minimum Gasteiger partial charge on any atom is -0.316 e. The van der Waals surface area contributed by atoms with Crippen LogP contribution in [0.1, 0.15) is 11.1 Å². The molecule has 1 aromatic carbocycles. The van der Waals surface area contributed by atoms with Crippen molar-refractivity contribution in [2.45, 2.75) is 13.5 Å². The van der Waals surface area contributed by atoms with Gasteiger partial charge in [-0.1, -0.05) is 29.8 Å². The number of hydrogen-bond donors (Lipinski definition) is 1. The van der Waals surface area contributed by atoms with Crippen molar-refractivity contribution >= 4 is 11.3 Å². The van der Waals surface area contributed by atoms with E-state index in [4.69, 9.17) is 0 Å². The molecular weight excluding hydrogens is 202 g/mol. The highest BCUT2D eigenvalue weighted by atomic mass is 32.1. The van der Waals surface area contributed by atoms with Gasteiger partial charge in [-0.25, -0.2) is 0 Å². The Balaban J connectivity index is 2.25. The highest BCUT2D eigenvalue weighted by Crippen LogP contribution is 2.27. The second-order valence-corrected chi connectivity index (χ2v) is 4.63. The molecule has 0 saturated carbocycles. The van der Waals surface area contributed by atoms with Crippen molar-refractivity contribution in [2.75, 3.05) is 7.05 Å². The second-order valence-electron chi connectivity index (χ2n) is 3.72. The minimum atomic E-state index is 0.947. The summed E-state index contributed by atoms with van der Waals surface area (Å²) in [5.74, 6) is 0. The topological polar surface area (TPSA) is 12.0 Å². The van der Waals surface area contributed by atoms with Crippen LogP contribution in [0.3, 0.4) is 0 Å². The fraction of sp³-hybridized carbons (Fsp3) is 0.231. The predicted octanol–water partition coefficient (Wildman–Crippen LogP) is 3.44. The number of aryl methyl sites for hydroxylation is 1. The Bertz CT molecular complexity index is 428. The number of thiophene rings is 1. The SMILES string of the molecule is CNCc1csc(-c2ccc(C)cc2)c1. The first-order valence-corrected chi connectivity index (χ1v) is 5.96. The van der Waals surface area contributed by atoms with Crippen LogP contribution in [-0.2, 0) is 6.54 Å². The largest absolute Gasteiger partial charge is 0.316 e. The van der Waals surface area contributed by atoms with Gasteiger partial charge in [0.2, 0.25) is 0 Å². The van der Waals surface area contributed by atoms with Gasteiger partial charge in [0, 0.05) is 11.4 Å². The summed E-state index contributed by atoms with van der Waals surface area (Å²) in [6, 6.07) is 10.9. The van der Waals surface area contributed by atoms with Gasteiger partial charge >= 0.3 is 0 Å². The maximum atomic E-state index is 3.16. The van der Waals surface area contributed by atoms with E-state index < -0.39 is 0 Å². The van der Waals surface area contributed by atoms with Gasteiger partial charge in [-0.15, -0.1) is 11.3 Å². The van der Waals surface area contributed by atoms with Gasteiger partial charge in [-0.3, -0.25) is 0 Å². The van der Waals surface area contributed by atoms with Crippen molar-refractivity contribution in [1.82, 2.24) is 5.32 Å². The first-order chi connectivity index (χ1) is 7.29. The van der Waals surface area contributed by atoms with Gasteiger partial charge in [-0.05, 0) is 36.5 Å². The number of hydrogen-bond acceptors (Lipinski definition) is 2. The van der Waals surface area contributed by atoms with E-state index in [1.165, 1.54) is 21.6 Å². The fourth-order valence-corrected chi connectivity index (χ4v) is 2.46. The van der Waals surface area contributed by atoms with Gasteiger partial charge < -0.3 is 5.32 Å². The molecule has 2 heteroatoms. The summed E-state index contributed by atoms with van der Waals surface area (Å²) >= 11 is 1.81. The van der Waals surface area contributed by atoms with Crippen LogP contribution < -0.4 is 5.32 Å². The van der Waals surface area contributed by atoms with E-state index >= 15 is 0 Å². The monoisotopic (exact) mass is 217 g/mol. The van der Waals surface area contributed by atoms with Crippen LogP contribution in [0.4, 0.5) is 0 Å². The normalized spacial score (nSPS) is 10.5. The highest BCUT2D eigenvalue weighted by Gasteiger charge is 2.01. The van der Waals surface area contributed by atoms with Crippen LogP contribution in [0, 0.1) is 6.92 Å². The second kappa shape index (κ2) is 4.60. The zero-order valence-corrected chi connectivity index (χ0v) is 9.90. The van der Waals surface area contributed by atoms with E-state index in [9.17, 15) is 0 Å². The Kier molecular flexibility index (Phi) is 3.19. The molecule has 0 spiro atoms. The highest BCUT2D eigenvalue weighted by molar-refractivity contribution is 7.13. The quantitative estimate of drug-likeness (QED) is 0.830. The van der Waals surface area contributed by atoms with Crippen molar-refractivity contribution in [1.29, 1.82) is 0 Å². The van der Waals surface area contributed by atoms with E-state index in [0.717, 1.165) is 6.54 Å². The molecule has 0 bridgehead atoms. The molecule has 78 valence electrons. The maximum Gasteiger partial charge on any atom is 0.0346 e. The van der Waals surface area contributed by atoms with Gasteiger partial charge in [0.05, 0.1) is 0 Å². The van der Waals surface area contributed by atoms with Crippen LogP contribution in [0.25, 0.3) is 10.4 Å². The molecule has 1 heterocycles. The van der Waals surface area contributed by atoms with Crippen LogP contribution in [0.15, 0.2) is 35.7 Å². The van der Waals surface area contributed by atoms with Gasteiger partial charge in [0.1, 0.15) is 0 Å². The molecule has 0 aliphatic carbocycles. The summed E-state index contributed by atoms with van der Waals surface area (Å²) < 4.78 is 0. The lowest BCUT2D eigenvalue weighted by atomic mass is 10.1. The molecule has 0 aliphatic rings. The van der Waals surface area contributed by atoms with E-state index in [-0.39, 0.29) is 0 Å². The van der Waals surface area contributed by atoms with Crippen LogP contribution in [-0.4, -0.2) is 7.05 Å². The first-order valence-electron chi connectivity index (χ1n) is 5.08. The molecule has 2 rings (SSSR count). The Morgan fingerprint density at radius 1 is 1.20 bits per heavy atom. The first kappa shape index (κ1) is 10.4. The summed E-state index contributed by atoms with van der Waals surface area (Å²) in [7, 11) is 1.98. The Morgan fingerprint density at radius 3 is 2.60 bits per heavy atom. The number of nitrogens with one attached hydrogen (secondary N) is 1. The molecular formula is C13H15NS. The Morgan fingerprint density at radius 2 is 1.93 bits per heavy atom. The smallest absolute Gasteiger partial charge is 0.0346 e. The molecule has 1 nitrogen and oxygen atoms in total. The fourth-order valence-electron chi connectivity index (χ4n) is 1.54. The van der Waals surface area contributed by atoms with Crippen LogP contribution in [0.5, 0.6) is 0 Å². The predicted molar refractivity (Wildman–Crippen MR) is 67.3 cm³/mol. The summed E-state index contributed by atoms with van der Waals surface area (Å²) in [6.45, 7) is 3.06. The minimum absolute atomic E-state index is 0.947. The molecule has 0 saturated heterocycles. The molecule has 0 fully saturated rings. The average molecular weight is 217 g/mol. The van der Waals surface area contributed by atoms with Crippen molar-refractivity contribution in [3.8, 4) is 10.4 Å². The Hall–Kier alpha value is -1.12. The molecule has 15 heavy (non-hydrogen) atoms. The van der Waals surface area contributed by atoms with Crippen LogP contribution in [0.2, 0.25) is 0 Å². The molecule has 0 atom stereocenters. The summed E-state index contributed by atoms with van der Waals surface area (Å²) in [5, 5.41) is 5.38. The Labute approximate surface area is 94.8 Å². The van der Waals surface area contributed by atoms with E-state index in [1.807, 2.05) is 18.4 Å².